The lowest BCUT2D eigenvalue weighted by molar-refractivity contribution is -0.612. The number of nitrogens with zero attached hydrogens (tertiary/aromatic N) is 1. The highest BCUT2D eigenvalue weighted by Crippen LogP contribution is 2.29. The molecule has 1 aromatic heterocycles. The smallest absolute Gasteiger partial charge is 0.379 e. The Hall–Kier alpha value is -2.56. The molecule has 22 heavy (non-hydrogen) atoms. The highest BCUT2D eigenvalue weighted by Gasteiger charge is 2.21. The second kappa shape index (κ2) is 6.47. The second-order valence-electron chi connectivity index (χ2n) is 5.36. The maximum absolute atomic E-state index is 12.1. The van der Waals surface area contributed by atoms with Crippen LogP contribution in [0.4, 0.5) is 0 Å². The van der Waals surface area contributed by atoms with Gasteiger partial charge in [-0.3, -0.25) is 4.79 Å². The molecule has 0 radical (unpaired) electrons. The Morgan fingerprint density at radius 2 is 2.09 bits per heavy atom. The van der Waals surface area contributed by atoms with Crippen LogP contribution in [-0.2, 0) is 11.2 Å². The first-order valence-electron chi connectivity index (χ1n) is 7.42. The van der Waals surface area contributed by atoms with Crippen molar-refractivity contribution in [2.45, 2.75) is 25.3 Å². The van der Waals surface area contributed by atoms with Gasteiger partial charge in [0, 0.05) is 6.07 Å². The minimum Gasteiger partial charge on any atom is -0.616 e. The van der Waals surface area contributed by atoms with Crippen LogP contribution in [0.5, 0.6) is 5.88 Å². The van der Waals surface area contributed by atoms with E-state index in [0.717, 1.165) is 19.3 Å². The van der Waals surface area contributed by atoms with Gasteiger partial charge >= 0.3 is 5.88 Å². The first-order valence-corrected chi connectivity index (χ1v) is 7.42. The number of hydrogen-bond donors (Lipinski definition) is 1. The highest BCUT2D eigenvalue weighted by molar-refractivity contribution is 5.78. The lowest BCUT2D eigenvalue weighted by atomic mass is 9.88. The van der Waals surface area contributed by atoms with Crippen molar-refractivity contribution in [3.8, 4) is 5.88 Å². The monoisotopic (exact) mass is 298 g/mol. The molecule has 1 amide bonds. The second-order valence-corrected chi connectivity index (χ2v) is 5.36. The Bertz CT molecular complexity index is 672. The van der Waals surface area contributed by atoms with Gasteiger partial charge in [-0.05, 0) is 36.5 Å². The highest BCUT2D eigenvalue weighted by atomic mass is 16.6. The zero-order chi connectivity index (χ0) is 15.4. The summed E-state index contributed by atoms with van der Waals surface area (Å²) in [5, 5.41) is 14.4. The molecule has 0 bridgehead atoms. The van der Waals surface area contributed by atoms with E-state index in [1.807, 2.05) is 12.1 Å². The summed E-state index contributed by atoms with van der Waals surface area (Å²) in [6, 6.07) is 13.0. The standard InChI is InChI=1S/C17H18N2O3/c20-16(12-22-17-10-3-4-11-19(17)21)18-15-9-5-7-13-6-1-2-8-14(13)15/h1-4,6,8,10-11,15H,5,7,9,12H2,(H,18,20)/t15-/m1/s1. The molecular weight excluding hydrogens is 280 g/mol. The molecule has 5 nitrogen and oxygen atoms in total. The molecule has 1 aromatic carbocycles. The molecule has 1 aliphatic carbocycles. The van der Waals surface area contributed by atoms with Crippen molar-refractivity contribution in [3.63, 3.8) is 0 Å². The largest absolute Gasteiger partial charge is 0.616 e. The van der Waals surface area contributed by atoms with Crippen molar-refractivity contribution in [2.24, 2.45) is 0 Å². The van der Waals surface area contributed by atoms with Crippen molar-refractivity contribution in [1.29, 1.82) is 0 Å². The summed E-state index contributed by atoms with van der Waals surface area (Å²) >= 11 is 0. The molecule has 0 unspecified atom stereocenters. The molecule has 2 aromatic rings. The predicted octanol–water partition coefficient (Wildman–Crippen LogP) is 1.89. The summed E-state index contributed by atoms with van der Waals surface area (Å²) in [7, 11) is 0. The first-order chi connectivity index (χ1) is 10.7. The molecule has 1 aliphatic rings. The van der Waals surface area contributed by atoms with Crippen LogP contribution in [-0.4, -0.2) is 12.5 Å². The van der Waals surface area contributed by atoms with Gasteiger partial charge < -0.3 is 15.3 Å². The Balaban J connectivity index is 1.60. The lowest BCUT2D eigenvalue weighted by Crippen LogP contribution is -2.36. The topological polar surface area (TPSA) is 65.3 Å². The van der Waals surface area contributed by atoms with Crippen molar-refractivity contribution in [3.05, 3.63) is 65.0 Å². The number of aromatic nitrogens is 1. The molecule has 114 valence electrons. The fourth-order valence-electron chi connectivity index (χ4n) is 2.80. The number of fused-ring (bicyclic) bond motifs is 1. The third kappa shape index (κ3) is 3.19. The van der Waals surface area contributed by atoms with Crippen LogP contribution < -0.4 is 14.8 Å². The molecule has 5 heteroatoms. The number of aryl methyl sites for hydroxylation is 1. The molecule has 1 N–H and O–H groups in total. The molecule has 0 fully saturated rings. The molecule has 3 rings (SSSR count). The van der Waals surface area contributed by atoms with Crippen molar-refractivity contribution >= 4 is 5.91 Å². The van der Waals surface area contributed by atoms with Gasteiger partial charge in [0.05, 0.1) is 12.1 Å². The van der Waals surface area contributed by atoms with Gasteiger partial charge in [0.15, 0.2) is 12.8 Å². The van der Waals surface area contributed by atoms with E-state index in [0.29, 0.717) is 4.73 Å². The fraction of sp³-hybridized carbons (Fsp3) is 0.294. The Morgan fingerprint density at radius 3 is 2.95 bits per heavy atom. The molecule has 1 heterocycles. The number of rotatable bonds is 4. The van der Waals surface area contributed by atoms with Crippen LogP contribution in [0.3, 0.4) is 0 Å². The van der Waals surface area contributed by atoms with Crippen molar-refractivity contribution < 1.29 is 14.3 Å². The number of pyridine rings is 1. The van der Waals surface area contributed by atoms with E-state index in [-0.39, 0.29) is 24.4 Å². The summed E-state index contributed by atoms with van der Waals surface area (Å²) in [6.07, 6.45) is 4.38. The summed E-state index contributed by atoms with van der Waals surface area (Å²) in [5.74, 6) is -0.0905. The maximum atomic E-state index is 12.1. The van der Waals surface area contributed by atoms with Gasteiger partial charge in [0.25, 0.3) is 5.91 Å². The molecule has 0 spiro atoms. The van der Waals surface area contributed by atoms with Crippen LogP contribution >= 0.6 is 0 Å². The maximum Gasteiger partial charge on any atom is 0.379 e. The SMILES string of the molecule is O=C(COc1cccc[n+]1[O-])N[C@@H]1CCCc2ccccc21. The van der Waals surface area contributed by atoms with Crippen LogP contribution in [0.15, 0.2) is 48.7 Å². The average Bonchev–Trinajstić information content (AvgIpc) is 2.54. The van der Waals surface area contributed by atoms with E-state index in [9.17, 15) is 10.0 Å². The van der Waals surface area contributed by atoms with Gasteiger partial charge in [-0.15, -0.1) is 4.73 Å². The van der Waals surface area contributed by atoms with Crippen LogP contribution in [0.2, 0.25) is 0 Å². The van der Waals surface area contributed by atoms with Crippen LogP contribution in [0, 0.1) is 5.21 Å². The zero-order valence-corrected chi connectivity index (χ0v) is 12.2. The van der Waals surface area contributed by atoms with Gasteiger partial charge in [0.2, 0.25) is 0 Å². The Kier molecular flexibility index (Phi) is 4.23. The minimum atomic E-state index is -0.217. The fourth-order valence-corrected chi connectivity index (χ4v) is 2.80. The molecular formula is C17H18N2O3. The van der Waals surface area contributed by atoms with Gasteiger partial charge in [-0.1, -0.05) is 24.3 Å². The molecule has 0 saturated heterocycles. The van der Waals surface area contributed by atoms with E-state index in [4.69, 9.17) is 4.74 Å². The Labute approximate surface area is 129 Å². The summed E-state index contributed by atoms with van der Waals surface area (Å²) in [4.78, 5) is 12.1. The van der Waals surface area contributed by atoms with Crippen molar-refractivity contribution in [1.82, 2.24) is 5.32 Å². The quantitative estimate of drug-likeness (QED) is 0.692. The van der Waals surface area contributed by atoms with E-state index in [2.05, 4.69) is 17.4 Å². The van der Waals surface area contributed by atoms with E-state index < -0.39 is 0 Å². The van der Waals surface area contributed by atoms with Crippen LogP contribution in [0.1, 0.15) is 30.0 Å². The number of amides is 1. The van der Waals surface area contributed by atoms with Gasteiger partial charge in [-0.2, -0.15) is 0 Å². The number of nitrogens with one attached hydrogen (secondary N) is 1. The van der Waals surface area contributed by atoms with Crippen molar-refractivity contribution in [2.75, 3.05) is 6.61 Å². The third-order valence-electron chi connectivity index (χ3n) is 3.84. The summed E-state index contributed by atoms with van der Waals surface area (Å²) in [6.45, 7) is -0.162. The third-order valence-corrected chi connectivity index (χ3v) is 3.84. The number of hydrogen-bond acceptors (Lipinski definition) is 3. The van der Waals surface area contributed by atoms with Gasteiger partial charge in [0.1, 0.15) is 0 Å². The number of ether oxygens (including phenoxy) is 1. The van der Waals surface area contributed by atoms with E-state index >= 15 is 0 Å². The number of carbonyl (C=O) groups is 1. The molecule has 1 atom stereocenters. The average molecular weight is 298 g/mol. The van der Waals surface area contributed by atoms with Gasteiger partial charge in [-0.25, -0.2) is 0 Å². The summed E-state index contributed by atoms with van der Waals surface area (Å²) in [5.41, 5.74) is 2.47. The lowest BCUT2D eigenvalue weighted by Gasteiger charge is -2.26. The van der Waals surface area contributed by atoms with E-state index in [1.54, 1.807) is 12.1 Å². The first kappa shape index (κ1) is 14.4. The molecule has 0 aliphatic heterocycles. The predicted molar refractivity (Wildman–Crippen MR) is 81.2 cm³/mol. The van der Waals surface area contributed by atoms with E-state index in [1.165, 1.54) is 23.4 Å². The summed E-state index contributed by atoms with van der Waals surface area (Å²) < 4.78 is 5.87. The Morgan fingerprint density at radius 1 is 1.27 bits per heavy atom. The van der Waals surface area contributed by atoms with Crippen LogP contribution in [0.25, 0.3) is 0 Å². The normalized spacial score (nSPS) is 16.6. The zero-order valence-electron chi connectivity index (χ0n) is 12.2. The number of carbonyl (C=O) groups excluding carboxylic acids is 1. The number of benzene rings is 1. The molecule has 0 saturated carbocycles. The minimum absolute atomic E-state index is 0.0243.